The topological polar surface area (TPSA) is 0 Å². The van der Waals surface area contributed by atoms with Gasteiger partial charge >= 0.3 is 0 Å². The van der Waals surface area contributed by atoms with Gasteiger partial charge in [-0.15, -0.1) is 26.7 Å². The SMILES string of the molecule is C[Si]([Si-][Si](C)(C)[Si](C)(C)C(C)(C)C)[Si](C)(C)C(C)(C)C. The Bertz CT molecular complexity index is 331. The standard InChI is InChI=1S/C15H39Si5/c1-14(2,3)18(8,9)17(7)16-20(12,13)19(10,11)15(4,5)6/h1-13H3/q-1. The van der Waals surface area contributed by atoms with Crippen molar-refractivity contribution in [2.75, 3.05) is 0 Å². The van der Waals surface area contributed by atoms with Gasteiger partial charge in [0.25, 0.3) is 0 Å². The second kappa shape index (κ2) is 5.94. The summed E-state index contributed by atoms with van der Waals surface area (Å²) in [4.78, 5) is 0. The molecule has 0 saturated carbocycles. The van der Waals surface area contributed by atoms with Crippen molar-refractivity contribution >= 4 is 38.7 Å². The van der Waals surface area contributed by atoms with Crippen LogP contribution in [0.15, 0.2) is 0 Å². The van der Waals surface area contributed by atoms with E-state index in [2.05, 4.69) is 87.4 Å². The predicted octanol–water partition coefficient (Wildman–Crippen LogP) is 5.69. The molecule has 0 N–H and O–H groups in total. The van der Waals surface area contributed by atoms with Crippen LogP contribution < -0.4 is 0 Å². The summed E-state index contributed by atoms with van der Waals surface area (Å²) in [6.45, 7) is 33.9. The van der Waals surface area contributed by atoms with Gasteiger partial charge in [-0.3, -0.25) is 0 Å². The molecule has 0 aromatic heterocycles. The van der Waals surface area contributed by atoms with Crippen LogP contribution in [0.5, 0.6) is 0 Å². The number of hydrogen-bond donors (Lipinski definition) is 0. The van der Waals surface area contributed by atoms with Crippen LogP contribution in [0, 0.1) is 0 Å². The molecule has 0 rings (SSSR count). The Morgan fingerprint density at radius 2 is 1.05 bits per heavy atom. The van der Waals surface area contributed by atoms with Crippen molar-refractivity contribution in [3.05, 3.63) is 0 Å². The van der Waals surface area contributed by atoms with Crippen molar-refractivity contribution in [1.29, 1.82) is 0 Å². The Balaban J connectivity index is 5.32. The summed E-state index contributed by atoms with van der Waals surface area (Å²) in [6, 6.07) is 0. The molecule has 20 heavy (non-hydrogen) atoms. The van der Waals surface area contributed by atoms with Crippen LogP contribution in [0.2, 0.25) is 55.9 Å². The van der Waals surface area contributed by atoms with Crippen LogP contribution in [0.3, 0.4) is 0 Å². The molecule has 0 fully saturated rings. The highest BCUT2D eigenvalue weighted by atomic mass is 29.9. The first-order valence-electron chi connectivity index (χ1n) is 8.00. The van der Waals surface area contributed by atoms with Gasteiger partial charge in [0.1, 0.15) is 0 Å². The zero-order chi connectivity index (χ0) is 16.8. The minimum atomic E-state index is -1.13. The van der Waals surface area contributed by atoms with Crippen molar-refractivity contribution in [3.8, 4) is 0 Å². The van der Waals surface area contributed by atoms with Crippen LogP contribution in [-0.2, 0) is 0 Å². The molecule has 0 aliphatic carbocycles. The lowest BCUT2D eigenvalue weighted by atomic mass is 10.2. The third-order valence-electron chi connectivity index (χ3n) is 6.75. The summed E-state index contributed by atoms with van der Waals surface area (Å²) < 4.78 is 0. The van der Waals surface area contributed by atoms with Gasteiger partial charge in [-0.2, -0.15) is 7.83 Å². The highest BCUT2D eigenvalue weighted by Gasteiger charge is 2.43. The third kappa shape index (κ3) is 4.09. The normalized spacial score (nSPS) is 15.9. The van der Waals surface area contributed by atoms with Crippen molar-refractivity contribution in [2.45, 2.75) is 97.4 Å². The molecule has 0 nitrogen and oxygen atoms in total. The minimum absolute atomic E-state index is 0.159. The van der Waals surface area contributed by atoms with Gasteiger partial charge in [0, 0.05) is 15.2 Å². The zero-order valence-corrected chi connectivity index (χ0v) is 21.5. The van der Waals surface area contributed by atoms with E-state index in [4.69, 9.17) is 0 Å². The molecule has 0 heterocycles. The van der Waals surface area contributed by atoms with E-state index >= 15 is 0 Å². The highest BCUT2D eigenvalue weighted by Crippen LogP contribution is 2.43. The average Bonchev–Trinajstić information content (AvgIpc) is 2.12. The molecule has 0 unspecified atom stereocenters. The fourth-order valence-electron chi connectivity index (χ4n) is 2.28. The van der Waals surface area contributed by atoms with E-state index in [0.717, 1.165) is 0 Å². The Morgan fingerprint density at radius 1 is 0.700 bits per heavy atom. The van der Waals surface area contributed by atoms with E-state index in [0.29, 0.717) is 10.1 Å². The summed E-state index contributed by atoms with van der Waals surface area (Å²) in [5.41, 5.74) is 0. The quantitative estimate of drug-likeness (QED) is 0.565. The Kier molecular flexibility index (Phi) is 6.26. The fraction of sp³-hybridized carbons (Fsp3) is 1.00. The highest BCUT2D eigenvalue weighted by molar-refractivity contribution is 7.77. The summed E-state index contributed by atoms with van der Waals surface area (Å²) in [7, 11) is -2.10. The van der Waals surface area contributed by atoms with Gasteiger partial charge in [-0.05, 0) is 10.1 Å². The Labute approximate surface area is 136 Å². The second-order valence-electron chi connectivity index (χ2n) is 10.1. The van der Waals surface area contributed by atoms with E-state index in [-0.39, 0.29) is 7.83 Å². The summed E-state index contributed by atoms with van der Waals surface area (Å²) in [6.07, 6.45) is 0. The van der Waals surface area contributed by atoms with Crippen molar-refractivity contribution in [2.24, 2.45) is 0 Å². The molecule has 0 atom stereocenters. The maximum absolute atomic E-state index is 2.73. The fourth-order valence-corrected chi connectivity index (χ4v) is 75.1. The molecule has 0 aromatic carbocycles. The first-order valence-corrected chi connectivity index (χ1v) is 24.0. The molecule has 120 valence electrons. The lowest BCUT2D eigenvalue weighted by molar-refractivity contribution is 0.733. The van der Waals surface area contributed by atoms with Crippen molar-refractivity contribution < 1.29 is 0 Å². The number of hydrogen-bond acceptors (Lipinski definition) is 0. The first kappa shape index (κ1) is 21.1. The van der Waals surface area contributed by atoms with E-state index in [1.807, 2.05) is 0 Å². The smallest absolute Gasteiger partial charge is 0.0111 e. The molecule has 0 spiro atoms. The maximum Gasteiger partial charge on any atom is 0.0111 e. The molecular weight excluding hydrogens is 321 g/mol. The van der Waals surface area contributed by atoms with Gasteiger partial charge in [-0.1, -0.05) is 67.7 Å². The van der Waals surface area contributed by atoms with Crippen LogP contribution in [0.4, 0.5) is 0 Å². The molecule has 5 heteroatoms. The van der Waals surface area contributed by atoms with E-state index in [1.54, 1.807) is 0 Å². The Hall–Kier alpha value is 1.08. The van der Waals surface area contributed by atoms with Crippen molar-refractivity contribution in [3.63, 3.8) is 0 Å². The van der Waals surface area contributed by atoms with Gasteiger partial charge < -0.3 is 8.55 Å². The molecular formula is C15H39Si5-. The van der Waals surface area contributed by atoms with Gasteiger partial charge in [0.05, 0.1) is 0 Å². The summed E-state index contributed by atoms with van der Waals surface area (Å²) in [5, 5.41) is 1.13. The maximum atomic E-state index is 2.73. The predicted molar refractivity (Wildman–Crippen MR) is 109 cm³/mol. The van der Waals surface area contributed by atoms with E-state index < -0.39 is 22.3 Å². The zero-order valence-electron chi connectivity index (χ0n) is 16.5. The summed E-state index contributed by atoms with van der Waals surface area (Å²) >= 11 is 0. The largest absolute Gasteiger partial charge is 0.436 e. The van der Waals surface area contributed by atoms with Crippen LogP contribution in [0.1, 0.15) is 41.5 Å². The third-order valence-corrected chi connectivity index (χ3v) is 69.8. The molecule has 0 aliphatic heterocycles. The monoisotopic (exact) mass is 359 g/mol. The molecule has 0 aliphatic rings. The van der Waals surface area contributed by atoms with Crippen molar-refractivity contribution in [1.82, 2.24) is 0 Å². The van der Waals surface area contributed by atoms with Crippen LogP contribution in [-0.4, -0.2) is 38.7 Å². The molecule has 2 radical (unpaired) electrons. The molecule has 0 bridgehead atoms. The molecule has 0 saturated heterocycles. The van der Waals surface area contributed by atoms with Gasteiger partial charge in [0.2, 0.25) is 0 Å². The second-order valence-corrected chi connectivity index (χ2v) is 49.9. The van der Waals surface area contributed by atoms with Gasteiger partial charge in [0.15, 0.2) is 0 Å². The van der Waals surface area contributed by atoms with Gasteiger partial charge in [-0.25, -0.2) is 0 Å². The van der Waals surface area contributed by atoms with E-state index in [1.165, 1.54) is 8.55 Å². The minimum Gasteiger partial charge on any atom is -0.436 e. The van der Waals surface area contributed by atoms with Crippen LogP contribution in [0.25, 0.3) is 0 Å². The first-order chi connectivity index (χ1) is 8.38. The lowest BCUT2D eigenvalue weighted by Crippen LogP contribution is -2.70. The lowest BCUT2D eigenvalue weighted by Gasteiger charge is -2.61. The number of rotatable bonds is 4. The average molecular weight is 360 g/mol. The molecule has 0 aromatic rings. The van der Waals surface area contributed by atoms with E-state index in [9.17, 15) is 0 Å². The summed E-state index contributed by atoms with van der Waals surface area (Å²) in [5.74, 6) is 0. The molecule has 0 amide bonds. The Morgan fingerprint density at radius 3 is 1.30 bits per heavy atom. The van der Waals surface area contributed by atoms with Crippen LogP contribution >= 0.6 is 0 Å².